The molecule has 1 aliphatic heterocycles. The Morgan fingerprint density at radius 3 is 2.71 bits per heavy atom. The summed E-state index contributed by atoms with van der Waals surface area (Å²) in [5.74, 6) is 0.705. The van der Waals surface area contributed by atoms with Crippen molar-refractivity contribution < 1.29 is 0 Å². The second-order valence-corrected chi connectivity index (χ2v) is 5.14. The Labute approximate surface area is 104 Å². The molecule has 0 unspecified atom stereocenters. The number of aryl methyl sites for hydroxylation is 1. The van der Waals surface area contributed by atoms with Gasteiger partial charge in [0.15, 0.2) is 0 Å². The van der Waals surface area contributed by atoms with Crippen molar-refractivity contribution in [2.45, 2.75) is 39.2 Å². The van der Waals surface area contributed by atoms with Gasteiger partial charge >= 0.3 is 0 Å². The molecule has 1 saturated heterocycles. The van der Waals surface area contributed by atoms with Crippen molar-refractivity contribution in [1.29, 1.82) is 0 Å². The van der Waals surface area contributed by atoms with Crippen LogP contribution in [0.3, 0.4) is 0 Å². The van der Waals surface area contributed by atoms with Gasteiger partial charge in [-0.05, 0) is 51.3 Å². The third kappa shape index (κ3) is 3.19. The fraction of sp³-hybridized carbons (Fsp3) is 0.643. The topological polar surface area (TPSA) is 21.1 Å². The van der Waals surface area contributed by atoms with E-state index in [-0.39, 0.29) is 0 Å². The van der Waals surface area contributed by atoms with Crippen LogP contribution in [0.2, 0.25) is 0 Å². The molecule has 0 bridgehead atoms. The molecule has 1 fully saturated rings. The molecule has 1 aromatic heterocycles. The van der Waals surface area contributed by atoms with E-state index < -0.39 is 0 Å². The van der Waals surface area contributed by atoms with Gasteiger partial charge in [0.1, 0.15) is 0 Å². The minimum Gasteiger partial charge on any atom is -0.299 e. The molecule has 0 amide bonds. The lowest BCUT2D eigenvalue weighted by Crippen LogP contribution is -2.33. The summed E-state index contributed by atoms with van der Waals surface area (Å²) in [6, 6.07) is 0. The van der Waals surface area contributed by atoms with Gasteiger partial charge in [-0.3, -0.25) is 9.58 Å². The summed E-state index contributed by atoms with van der Waals surface area (Å²) in [6.45, 7) is 12.6. The fourth-order valence-corrected chi connectivity index (χ4v) is 2.57. The normalized spacial score (nSPS) is 18.5. The highest BCUT2D eigenvalue weighted by Crippen LogP contribution is 2.27. The molecule has 94 valence electrons. The van der Waals surface area contributed by atoms with E-state index in [1.165, 1.54) is 37.1 Å². The standard InChI is InChI=1S/C14H23N3/c1-4-17-11-14(9-15-17)13-5-7-16(8-6-13)10-12(2)3/h9,11,13H,2,4-8,10H2,1,3H3. The summed E-state index contributed by atoms with van der Waals surface area (Å²) in [6.07, 6.45) is 6.76. The van der Waals surface area contributed by atoms with Gasteiger partial charge < -0.3 is 0 Å². The molecule has 1 aromatic rings. The Kier molecular flexibility index (Phi) is 4.00. The zero-order valence-corrected chi connectivity index (χ0v) is 11.0. The molecular weight excluding hydrogens is 210 g/mol. The van der Waals surface area contributed by atoms with Gasteiger partial charge in [-0.25, -0.2) is 0 Å². The number of rotatable bonds is 4. The van der Waals surface area contributed by atoms with Crippen LogP contribution in [0.1, 0.15) is 38.2 Å². The van der Waals surface area contributed by atoms with E-state index in [1.54, 1.807) is 0 Å². The van der Waals surface area contributed by atoms with Crippen molar-refractivity contribution in [2.24, 2.45) is 0 Å². The van der Waals surface area contributed by atoms with Gasteiger partial charge in [-0.2, -0.15) is 5.10 Å². The van der Waals surface area contributed by atoms with Crippen molar-refractivity contribution in [3.05, 3.63) is 30.1 Å². The number of nitrogens with zero attached hydrogens (tertiary/aromatic N) is 3. The van der Waals surface area contributed by atoms with E-state index in [1.807, 2.05) is 10.9 Å². The maximum atomic E-state index is 4.37. The van der Waals surface area contributed by atoms with Gasteiger partial charge in [0.2, 0.25) is 0 Å². The average Bonchev–Trinajstić information content (AvgIpc) is 2.78. The molecule has 2 heterocycles. The van der Waals surface area contributed by atoms with Crippen LogP contribution >= 0.6 is 0 Å². The molecule has 17 heavy (non-hydrogen) atoms. The lowest BCUT2D eigenvalue weighted by molar-refractivity contribution is 0.228. The number of piperidine rings is 1. The lowest BCUT2D eigenvalue weighted by Gasteiger charge is -2.31. The smallest absolute Gasteiger partial charge is 0.0524 e. The molecule has 0 radical (unpaired) electrons. The Hall–Kier alpha value is -1.09. The molecule has 0 atom stereocenters. The monoisotopic (exact) mass is 233 g/mol. The number of likely N-dealkylation sites (tertiary alicyclic amines) is 1. The highest BCUT2D eigenvalue weighted by atomic mass is 15.3. The quantitative estimate of drug-likeness (QED) is 0.745. The molecular formula is C14H23N3. The van der Waals surface area contributed by atoms with E-state index in [4.69, 9.17) is 0 Å². The van der Waals surface area contributed by atoms with E-state index in [2.05, 4.69) is 36.6 Å². The highest BCUT2D eigenvalue weighted by molar-refractivity contribution is 5.12. The molecule has 0 aromatic carbocycles. The van der Waals surface area contributed by atoms with Crippen LogP contribution in [0.5, 0.6) is 0 Å². The Morgan fingerprint density at radius 1 is 1.47 bits per heavy atom. The van der Waals surface area contributed by atoms with Gasteiger partial charge in [-0.1, -0.05) is 12.2 Å². The van der Waals surface area contributed by atoms with Gasteiger partial charge in [0, 0.05) is 19.3 Å². The van der Waals surface area contributed by atoms with Crippen molar-refractivity contribution in [3.63, 3.8) is 0 Å². The molecule has 0 N–H and O–H groups in total. The zero-order chi connectivity index (χ0) is 12.3. The Balaban J connectivity index is 1.88. The summed E-state index contributed by atoms with van der Waals surface area (Å²) in [5.41, 5.74) is 2.68. The zero-order valence-electron chi connectivity index (χ0n) is 11.0. The van der Waals surface area contributed by atoms with Crippen LogP contribution in [0.25, 0.3) is 0 Å². The van der Waals surface area contributed by atoms with Gasteiger partial charge in [0.05, 0.1) is 6.20 Å². The van der Waals surface area contributed by atoms with Gasteiger partial charge in [0.25, 0.3) is 0 Å². The first-order valence-electron chi connectivity index (χ1n) is 6.58. The van der Waals surface area contributed by atoms with E-state index in [0.717, 1.165) is 13.1 Å². The Morgan fingerprint density at radius 2 is 2.18 bits per heavy atom. The molecule has 0 aliphatic carbocycles. The number of hydrogen-bond acceptors (Lipinski definition) is 2. The molecule has 1 aliphatic rings. The van der Waals surface area contributed by atoms with Crippen LogP contribution in [0, 0.1) is 0 Å². The molecule has 0 saturated carbocycles. The summed E-state index contributed by atoms with van der Waals surface area (Å²) >= 11 is 0. The number of aromatic nitrogens is 2. The van der Waals surface area contributed by atoms with Crippen LogP contribution in [-0.4, -0.2) is 34.3 Å². The fourth-order valence-electron chi connectivity index (χ4n) is 2.57. The van der Waals surface area contributed by atoms with Crippen LogP contribution < -0.4 is 0 Å². The van der Waals surface area contributed by atoms with Crippen molar-refractivity contribution >= 4 is 0 Å². The second-order valence-electron chi connectivity index (χ2n) is 5.14. The van der Waals surface area contributed by atoms with Gasteiger partial charge in [-0.15, -0.1) is 0 Å². The summed E-state index contributed by atoms with van der Waals surface area (Å²) in [5, 5.41) is 4.37. The van der Waals surface area contributed by atoms with Crippen molar-refractivity contribution in [1.82, 2.24) is 14.7 Å². The maximum absolute atomic E-state index is 4.37. The summed E-state index contributed by atoms with van der Waals surface area (Å²) < 4.78 is 2.02. The first-order valence-corrected chi connectivity index (χ1v) is 6.58. The minimum atomic E-state index is 0.705. The summed E-state index contributed by atoms with van der Waals surface area (Å²) in [4.78, 5) is 2.50. The van der Waals surface area contributed by atoms with Crippen LogP contribution in [0.15, 0.2) is 24.5 Å². The summed E-state index contributed by atoms with van der Waals surface area (Å²) in [7, 11) is 0. The minimum absolute atomic E-state index is 0.705. The predicted molar refractivity (Wildman–Crippen MR) is 71.1 cm³/mol. The van der Waals surface area contributed by atoms with Crippen molar-refractivity contribution in [2.75, 3.05) is 19.6 Å². The molecule has 3 nitrogen and oxygen atoms in total. The second kappa shape index (κ2) is 5.50. The van der Waals surface area contributed by atoms with Crippen molar-refractivity contribution in [3.8, 4) is 0 Å². The number of hydrogen-bond donors (Lipinski definition) is 0. The maximum Gasteiger partial charge on any atom is 0.0524 e. The third-order valence-corrected chi connectivity index (χ3v) is 3.53. The lowest BCUT2D eigenvalue weighted by atomic mass is 9.91. The molecule has 0 spiro atoms. The molecule has 2 rings (SSSR count). The van der Waals surface area contributed by atoms with E-state index in [0.29, 0.717) is 5.92 Å². The van der Waals surface area contributed by atoms with E-state index >= 15 is 0 Å². The predicted octanol–water partition coefficient (Wildman–Crippen LogP) is 2.66. The largest absolute Gasteiger partial charge is 0.299 e. The first-order chi connectivity index (χ1) is 8.19. The molecule has 3 heteroatoms. The third-order valence-electron chi connectivity index (χ3n) is 3.53. The first kappa shape index (κ1) is 12.4. The average molecular weight is 233 g/mol. The van der Waals surface area contributed by atoms with E-state index in [9.17, 15) is 0 Å². The Bertz CT molecular complexity index is 373. The SMILES string of the molecule is C=C(C)CN1CCC(c2cnn(CC)c2)CC1. The van der Waals surface area contributed by atoms with Crippen LogP contribution in [-0.2, 0) is 6.54 Å². The van der Waals surface area contributed by atoms with Crippen LogP contribution in [0.4, 0.5) is 0 Å². The highest BCUT2D eigenvalue weighted by Gasteiger charge is 2.21.